The van der Waals surface area contributed by atoms with Gasteiger partial charge >= 0.3 is 0 Å². The largest absolute Gasteiger partial charge is 0.489 e. The zero-order valence-electron chi connectivity index (χ0n) is 6.80. The number of benzene rings is 1. The van der Waals surface area contributed by atoms with Crippen LogP contribution in [-0.4, -0.2) is 13.2 Å². The van der Waals surface area contributed by atoms with E-state index in [9.17, 15) is 4.39 Å². The maximum absolute atomic E-state index is 13.0. The van der Waals surface area contributed by atoms with E-state index in [0.29, 0.717) is 17.6 Å². The highest BCUT2D eigenvalue weighted by Gasteiger charge is 2.02. The molecule has 5 heteroatoms. The van der Waals surface area contributed by atoms with E-state index in [-0.39, 0.29) is 24.0 Å². The van der Waals surface area contributed by atoms with Crippen molar-refractivity contribution < 1.29 is 9.13 Å². The standard InChI is InChI=1S/C8H9BrFNO.ClH/c9-6-1-2-8(7(10)5-6)12-4-3-11;/h1-2,5H,3-4,11H2;1H. The van der Waals surface area contributed by atoms with Gasteiger partial charge in [0.05, 0.1) is 0 Å². The van der Waals surface area contributed by atoms with Crippen LogP contribution in [0.2, 0.25) is 0 Å². The monoisotopic (exact) mass is 269 g/mol. The Morgan fingerprint density at radius 2 is 2.15 bits per heavy atom. The van der Waals surface area contributed by atoms with Crippen LogP contribution >= 0.6 is 28.3 Å². The quantitative estimate of drug-likeness (QED) is 0.915. The lowest BCUT2D eigenvalue weighted by molar-refractivity contribution is 0.311. The molecule has 13 heavy (non-hydrogen) atoms. The van der Waals surface area contributed by atoms with E-state index in [0.717, 1.165) is 0 Å². The van der Waals surface area contributed by atoms with Crippen LogP contribution in [0.1, 0.15) is 0 Å². The predicted octanol–water partition coefficient (Wildman–Crippen LogP) is 2.35. The van der Waals surface area contributed by atoms with Gasteiger partial charge in [-0.2, -0.15) is 0 Å². The molecular formula is C8H10BrClFNO. The highest BCUT2D eigenvalue weighted by atomic mass is 79.9. The normalized spacial score (nSPS) is 9.15. The molecule has 0 fully saturated rings. The van der Waals surface area contributed by atoms with Crippen molar-refractivity contribution >= 4 is 28.3 Å². The first-order valence-corrected chi connectivity index (χ1v) is 4.31. The Balaban J connectivity index is 0.00000144. The predicted molar refractivity (Wildman–Crippen MR) is 55.9 cm³/mol. The molecule has 0 unspecified atom stereocenters. The van der Waals surface area contributed by atoms with Gasteiger partial charge in [-0.25, -0.2) is 4.39 Å². The summed E-state index contributed by atoms with van der Waals surface area (Å²) in [7, 11) is 0. The molecule has 1 aromatic rings. The second-order valence-electron chi connectivity index (χ2n) is 2.21. The van der Waals surface area contributed by atoms with E-state index in [4.69, 9.17) is 10.5 Å². The molecule has 0 aliphatic carbocycles. The Kier molecular flexibility index (Phi) is 6.03. The van der Waals surface area contributed by atoms with Crippen LogP contribution in [0.15, 0.2) is 22.7 Å². The summed E-state index contributed by atoms with van der Waals surface area (Å²) in [5.74, 6) is -0.138. The van der Waals surface area contributed by atoms with Crippen LogP contribution in [0.4, 0.5) is 4.39 Å². The minimum Gasteiger partial charge on any atom is -0.489 e. The Labute approximate surface area is 90.8 Å². The Hall–Kier alpha value is -0.320. The second kappa shape index (κ2) is 6.18. The first-order chi connectivity index (χ1) is 5.74. The fourth-order valence-electron chi connectivity index (χ4n) is 0.761. The number of nitrogens with two attached hydrogens (primary N) is 1. The zero-order valence-corrected chi connectivity index (χ0v) is 9.20. The molecule has 0 aliphatic rings. The van der Waals surface area contributed by atoms with Crippen molar-refractivity contribution in [2.45, 2.75) is 0 Å². The summed E-state index contributed by atoms with van der Waals surface area (Å²) in [4.78, 5) is 0. The highest BCUT2D eigenvalue weighted by molar-refractivity contribution is 9.10. The molecule has 0 radical (unpaired) electrons. The maximum Gasteiger partial charge on any atom is 0.166 e. The van der Waals surface area contributed by atoms with Crippen LogP contribution < -0.4 is 10.5 Å². The van der Waals surface area contributed by atoms with Gasteiger partial charge in [-0.1, -0.05) is 15.9 Å². The average molecular weight is 271 g/mol. The summed E-state index contributed by atoms with van der Waals surface area (Å²) in [5, 5.41) is 0. The van der Waals surface area contributed by atoms with Crippen LogP contribution in [0.5, 0.6) is 5.75 Å². The Bertz CT molecular complexity index is 272. The van der Waals surface area contributed by atoms with Gasteiger partial charge in [0.2, 0.25) is 0 Å². The summed E-state index contributed by atoms with van der Waals surface area (Å²) in [6.45, 7) is 0.716. The summed E-state index contributed by atoms with van der Waals surface area (Å²) < 4.78 is 18.7. The van der Waals surface area contributed by atoms with Crippen LogP contribution in [0.25, 0.3) is 0 Å². The zero-order chi connectivity index (χ0) is 8.97. The SMILES string of the molecule is Cl.NCCOc1ccc(Br)cc1F. The summed E-state index contributed by atoms with van der Waals surface area (Å²) in [6.07, 6.45) is 0. The van der Waals surface area contributed by atoms with E-state index in [1.807, 2.05) is 0 Å². The minimum absolute atomic E-state index is 0. The van der Waals surface area contributed by atoms with Crippen molar-refractivity contribution in [1.82, 2.24) is 0 Å². The molecule has 1 rings (SSSR count). The molecule has 0 atom stereocenters. The van der Waals surface area contributed by atoms with Crippen molar-refractivity contribution in [2.75, 3.05) is 13.2 Å². The van der Waals surface area contributed by atoms with Crippen molar-refractivity contribution in [2.24, 2.45) is 5.73 Å². The van der Waals surface area contributed by atoms with Crippen molar-refractivity contribution in [3.8, 4) is 5.75 Å². The molecule has 0 spiro atoms. The maximum atomic E-state index is 13.0. The summed E-state index contributed by atoms with van der Waals surface area (Å²) in [5.41, 5.74) is 5.20. The molecular weight excluding hydrogens is 260 g/mol. The van der Waals surface area contributed by atoms with Crippen LogP contribution in [0, 0.1) is 5.82 Å². The minimum atomic E-state index is -0.377. The number of rotatable bonds is 3. The van der Waals surface area contributed by atoms with Gasteiger partial charge in [0.15, 0.2) is 11.6 Å². The molecule has 0 heterocycles. The summed E-state index contributed by atoms with van der Waals surface area (Å²) >= 11 is 3.14. The van der Waals surface area contributed by atoms with E-state index in [1.54, 1.807) is 12.1 Å². The lowest BCUT2D eigenvalue weighted by Crippen LogP contribution is -2.11. The smallest absolute Gasteiger partial charge is 0.166 e. The van der Waals surface area contributed by atoms with Gasteiger partial charge in [-0.3, -0.25) is 0 Å². The van der Waals surface area contributed by atoms with Gasteiger partial charge in [0, 0.05) is 11.0 Å². The molecule has 0 saturated heterocycles. The molecule has 0 aliphatic heterocycles. The molecule has 1 aromatic carbocycles. The lowest BCUT2D eigenvalue weighted by Gasteiger charge is -2.04. The van der Waals surface area contributed by atoms with Gasteiger partial charge in [-0.15, -0.1) is 12.4 Å². The van der Waals surface area contributed by atoms with Crippen molar-refractivity contribution in [3.05, 3.63) is 28.5 Å². The van der Waals surface area contributed by atoms with Gasteiger partial charge in [0.1, 0.15) is 6.61 Å². The second-order valence-corrected chi connectivity index (χ2v) is 3.13. The third-order valence-corrected chi connectivity index (χ3v) is 1.76. The molecule has 74 valence electrons. The van der Waals surface area contributed by atoms with Crippen molar-refractivity contribution in [1.29, 1.82) is 0 Å². The molecule has 0 aromatic heterocycles. The van der Waals surface area contributed by atoms with E-state index >= 15 is 0 Å². The third-order valence-electron chi connectivity index (χ3n) is 1.27. The van der Waals surface area contributed by atoms with Gasteiger partial charge in [0.25, 0.3) is 0 Å². The van der Waals surface area contributed by atoms with Gasteiger partial charge < -0.3 is 10.5 Å². The fraction of sp³-hybridized carbons (Fsp3) is 0.250. The molecule has 2 N–H and O–H groups in total. The topological polar surface area (TPSA) is 35.2 Å². The van der Waals surface area contributed by atoms with Crippen LogP contribution in [0.3, 0.4) is 0 Å². The average Bonchev–Trinajstić information content (AvgIpc) is 2.03. The lowest BCUT2D eigenvalue weighted by atomic mass is 10.3. The number of hydrogen-bond donors (Lipinski definition) is 1. The number of ether oxygens (including phenoxy) is 1. The van der Waals surface area contributed by atoms with E-state index in [2.05, 4.69) is 15.9 Å². The summed E-state index contributed by atoms with van der Waals surface area (Å²) in [6, 6.07) is 4.63. The highest BCUT2D eigenvalue weighted by Crippen LogP contribution is 2.20. The fourth-order valence-corrected chi connectivity index (χ4v) is 1.09. The molecule has 0 saturated carbocycles. The third kappa shape index (κ3) is 3.93. The Morgan fingerprint density at radius 3 is 2.69 bits per heavy atom. The first kappa shape index (κ1) is 12.7. The molecule has 0 bridgehead atoms. The van der Waals surface area contributed by atoms with E-state index in [1.165, 1.54) is 6.07 Å². The van der Waals surface area contributed by atoms with E-state index < -0.39 is 0 Å². The first-order valence-electron chi connectivity index (χ1n) is 3.52. The number of halogens is 3. The van der Waals surface area contributed by atoms with Crippen LogP contribution in [-0.2, 0) is 0 Å². The number of hydrogen-bond acceptors (Lipinski definition) is 2. The Morgan fingerprint density at radius 1 is 1.46 bits per heavy atom. The van der Waals surface area contributed by atoms with Crippen molar-refractivity contribution in [3.63, 3.8) is 0 Å². The van der Waals surface area contributed by atoms with Gasteiger partial charge in [-0.05, 0) is 18.2 Å². The molecule has 0 amide bonds. The molecule has 2 nitrogen and oxygen atoms in total.